The molecule has 2 unspecified atom stereocenters. The molecule has 0 aliphatic carbocycles. The molecular weight excluding hydrogens is 380 g/mol. The Morgan fingerprint density at radius 2 is 2.19 bits per heavy atom. The minimum Gasteiger partial charge on any atom is -0.478 e. The highest BCUT2D eigenvalue weighted by Gasteiger charge is 2.36. The van der Waals surface area contributed by atoms with Gasteiger partial charge >= 0.3 is 5.97 Å². The molecule has 26 heavy (non-hydrogen) atoms. The van der Waals surface area contributed by atoms with Crippen molar-refractivity contribution in [2.45, 2.75) is 43.2 Å². The number of fused-ring (bicyclic) bond motifs is 1. The second-order valence-corrected chi connectivity index (χ2v) is 8.19. The number of esters is 1. The van der Waals surface area contributed by atoms with E-state index in [-0.39, 0.29) is 30.0 Å². The molecule has 7 nitrogen and oxygen atoms in total. The van der Waals surface area contributed by atoms with Crippen LogP contribution < -0.4 is 10.1 Å². The number of hydrogen-bond donors (Lipinski definition) is 1. The summed E-state index contributed by atoms with van der Waals surface area (Å²) in [5.74, 6) is 0.127. The molecule has 3 rings (SSSR count). The van der Waals surface area contributed by atoms with Gasteiger partial charge in [-0.3, -0.25) is 0 Å². The van der Waals surface area contributed by atoms with Crippen molar-refractivity contribution in [3.8, 4) is 5.75 Å². The number of sulfonamides is 1. The smallest absolute Gasteiger partial charge is 0.347 e. The Morgan fingerprint density at radius 3 is 2.88 bits per heavy atom. The first-order chi connectivity index (χ1) is 12.0. The molecule has 1 saturated heterocycles. The minimum absolute atomic E-state index is 0. The van der Waals surface area contributed by atoms with Gasteiger partial charge in [-0.25, -0.2) is 13.2 Å². The van der Waals surface area contributed by atoms with Crippen LogP contribution in [0, 0.1) is 0 Å². The average Bonchev–Trinajstić information content (AvgIpc) is 3.21. The van der Waals surface area contributed by atoms with Gasteiger partial charge in [-0.2, -0.15) is 4.31 Å². The highest BCUT2D eigenvalue weighted by molar-refractivity contribution is 7.89. The van der Waals surface area contributed by atoms with Gasteiger partial charge in [-0.15, -0.1) is 12.4 Å². The van der Waals surface area contributed by atoms with Gasteiger partial charge in [-0.1, -0.05) is 0 Å². The Morgan fingerprint density at radius 1 is 1.42 bits per heavy atom. The summed E-state index contributed by atoms with van der Waals surface area (Å²) >= 11 is 0. The van der Waals surface area contributed by atoms with Crippen molar-refractivity contribution in [1.82, 2.24) is 9.62 Å². The average molecular weight is 405 g/mol. The monoisotopic (exact) mass is 404 g/mol. The van der Waals surface area contributed by atoms with Crippen LogP contribution in [0.4, 0.5) is 0 Å². The summed E-state index contributed by atoms with van der Waals surface area (Å²) in [6.07, 6.45) is 1.36. The van der Waals surface area contributed by atoms with Crippen molar-refractivity contribution in [1.29, 1.82) is 0 Å². The first-order valence-electron chi connectivity index (χ1n) is 8.60. The summed E-state index contributed by atoms with van der Waals surface area (Å²) < 4.78 is 38.1. The van der Waals surface area contributed by atoms with Crippen molar-refractivity contribution in [2.24, 2.45) is 0 Å². The summed E-state index contributed by atoms with van der Waals surface area (Å²) in [5.41, 5.74) is 0.725. The number of likely N-dealkylation sites (N-methyl/N-ethyl adjacent to an activating group) is 1. The number of carbonyl (C=O) groups excluding carboxylic acids is 1. The molecule has 2 heterocycles. The second-order valence-electron chi connectivity index (χ2n) is 6.30. The van der Waals surface area contributed by atoms with Gasteiger partial charge in [0.1, 0.15) is 5.75 Å². The summed E-state index contributed by atoms with van der Waals surface area (Å²) in [6, 6.07) is 4.78. The molecule has 0 bridgehead atoms. The van der Waals surface area contributed by atoms with Crippen LogP contribution in [0.5, 0.6) is 5.75 Å². The Balaban J connectivity index is 0.00000243. The number of carbonyl (C=O) groups is 1. The summed E-state index contributed by atoms with van der Waals surface area (Å²) in [7, 11) is -1.73. The summed E-state index contributed by atoms with van der Waals surface area (Å²) in [5, 5.41) is 3.06. The van der Waals surface area contributed by atoms with Crippen LogP contribution in [-0.2, 0) is 26.0 Å². The van der Waals surface area contributed by atoms with E-state index in [1.807, 2.05) is 7.05 Å². The number of nitrogens with zero attached hydrogens (tertiary/aromatic N) is 1. The molecule has 2 aliphatic rings. The molecule has 0 spiro atoms. The van der Waals surface area contributed by atoms with Crippen LogP contribution in [0.2, 0.25) is 0 Å². The highest BCUT2D eigenvalue weighted by atomic mass is 35.5. The predicted octanol–water partition coefficient (Wildman–Crippen LogP) is 1.35. The normalized spacial score (nSPS) is 22.4. The molecule has 1 fully saturated rings. The van der Waals surface area contributed by atoms with Crippen molar-refractivity contribution >= 4 is 28.4 Å². The third kappa shape index (κ3) is 3.98. The number of benzene rings is 1. The number of nitrogens with one attached hydrogen (secondary N) is 1. The van der Waals surface area contributed by atoms with Crippen LogP contribution in [0.3, 0.4) is 0 Å². The van der Waals surface area contributed by atoms with Crippen LogP contribution in [0.1, 0.15) is 25.3 Å². The summed E-state index contributed by atoms with van der Waals surface area (Å²) in [6.45, 7) is 3.20. The fourth-order valence-electron chi connectivity index (χ4n) is 3.45. The second kappa shape index (κ2) is 8.56. The Hall–Kier alpha value is -1.35. The van der Waals surface area contributed by atoms with E-state index < -0.39 is 22.1 Å². The zero-order valence-electron chi connectivity index (χ0n) is 14.9. The predicted molar refractivity (Wildman–Crippen MR) is 99.3 cm³/mol. The van der Waals surface area contributed by atoms with Gasteiger partial charge in [0.15, 0.2) is 6.10 Å². The molecule has 2 aliphatic heterocycles. The van der Waals surface area contributed by atoms with Gasteiger partial charge in [0.25, 0.3) is 0 Å². The van der Waals surface area contributed by atoms with Crippen LogP contribution in [0.15, 0.2) is 23.1 Å². The van der Waals surface area contributed by atoms with Gasteiger partial charge in [0.2, 0.25) is 10.0 Å². The van der Waals surface area contributed by atoms with Gasteiger partial charge in [0.05, 0.1) is 11.5 Å². The van der Waals surface area contributed by atoms with Crippen molar-refractivity contribution in [3.63, 3.8) is 0 Å². The van der Waals surface area contributed by atoms with Crippen LogP contribution in [0.25, 0.3) is 0 Å². The van der Waals surface area contributed by atoms with Crippen molar-refractivity contribution in [2.75, 3.05) is 26.7 Å². The molecule has 146 valence electrons. The van der Waals surface area contributed by atoms with E-state index in [1.54, 1.807) is 29.4 Å². The molecule has 0 amide bonds. The minimum atomic E-state index is -3.56. The van der Waals surface area contributed by atoms with Crippen molar-refractivity contribution < 1.29 is 22.7 Å². The number of ether oxygens (including phenoxy) is 2. The zero-order valence-corrected chi connectivity index (χ0v) is 16.6. The summed E-state index contributed by atoms with van der Waals surface area (Å²) in [4.78, 5) is 12.1. The van der Waals surface area contributed by atoms with E-state index in [4.69, 9.17) is 9.47 Å². The number of halogens is 1. The Bertz CT molecular complexity index is 756. The van der Waals surface area contributed by atoms with E-state index >= 15 is 0 Å². The maximum absolute atomic E-state index is 13.0. The molecular formula is C17H25ClN2O5S. The lowest BCUT2D eigenvalue weighted by Crippen LogP contribution is -2.40. The molecule has 1 aromatic carbocycles. The first kappa shape index (κ1) is 21.0. The zero-order chi connectivity index (χ0) is 18.0. The van der Waals surface area contributed by atoms with E-state index in [0.717, 1.165) is 18.4 Å². The van der Waals surface area contributed by atoms with E-state index in [9.17, 15) is 13.2 Å². The largest absolute Gasteiger partial charge is 0.478 e. The lowest BCUT2D eigenvalue weighted by atomic mass is 10.1. The lowest BCUT2D eigenvalue weighted by Gasteiger charge is -2.24. The maximum Gasteiger partial charge on any atom is 0.347 e. The van der Waals surface area contributed by atoms with E-state index in [0.29, 0.717) is 25.3 Å². The Labute approximate surface area is 160 Å². The molecule has 2 atom stereocenters. The fourth-order valence-corrected chi connectivity index (χ4v) is 5.20. The molecule has 0 radical (unpaired) electrons. The van der Waals surface area contributed by atoms with E-state index in [2.05, 4.69) is 5.32 Å². The third-order valence-electron chi connectivity index (χ3n) is 4.63. The molecule has 0 aromatic heterocycles. The highest BCUT2D eigenvalue weighted by Crippen LogP contribution is 2.33. The standard InChI is InChI=1S/C17H24N2O5S.ClH/c1-3-23-17(20)16-10-12-9-14(6-7-15(12)24-16)25(21,22)19-8-4-5-13(19)11-18-2;/h6-7,9,13,16,18H,3-5,8,10-11H2,1-2H3;1H. The fraction of sp³-hybridized carbons (Fsp3) is 0.588. The van der Waals surface area contributed by atoms with Gasteiger partial charge in [-0.05, 0) is 50.6 Å². The van der Waals surface area contributed by atoms with Crippen molar-refractivity contribution in [3.05, 3.63) is 23.8 Å². The topological polar surface area (TPSA) is 84.9 Å². The quantitative estimate of drug-likeness (QED) is 0.720. The van der Waals surface area contributed by atoms with Crippen LogP contribution in [-0.4, -0.2) is 57.6 Å². The molecule has 1 N–H and O–H groups in total. The molecule has 1 aromatic rings. The first-order valence-corrected chi connectivity index (χ1v) is 10.0. The SMILES string of the molecule is CCOC(=O)C1Cc2cc(S(=O)(=O)N3CCCC3CNC)ccc2O1.Cl. The third-order valence-corrected chi connectivity index (χ3v) is 6.57. The Kier molecular flexibility index (Phi) is 6.90. The van der Waals surface area contributed by atoms with Gasteiger partial charge in [0, 0.05) is 25.6 Å². The number of hydrogen-bond acceptors (Lipinski definition) is 6. The molecule has 0 saturated carbocycles. The van der Waals surface area contributed by atoms with Gasteiger partial charge < -0.3 is 14.8 Å². The van der Waals surface area contributed by atoms with Crippen LogP contribution >= 0.6 is 12.4 Å². The number of rotatable bonds is 6. The maximum atomic E-state index is 13.0. The van der Waals surface area contributed by atoms with E-state index in [1.165, 1.54) is 0 Å². The lowest BCUT2D eigenvalue weighted by molar-refractivity contribution is -0.150. The molecule has 9 heteroatoms.